The Hall–Kier alpha value is -1.55. The van der Waals surface area contributed by atoms with Crippen LogP contribution in [0.5, 0.6) is 0 Å². The van der Waals surface area contributed by atoms with Crippen molar-refractivity contribution in [3.63, 3.8) is 0 Å². The second-order valence-corrected chi connectivity index (χ2v) is 5.27. The summed E-state index contributed by atoms with van der Waals surface area (Å²) in [4.78, 5) is 25.7. The molecule has 1 heterocycles. The molecule has 2 rings (SSSR count). The Morgan fingerprint density at radius 2 is 2.21 bits per heavy atom. The third-order valence-corrected chi connectivity index (χ3v) is 3.72. The van der Waals surface area contributed by atoms with Crippen molar-refractivity contribution in [3.05, 3.63) is 29.3 Å². The van der Waals surface area contributed by atoms with Gasteiger partial charge < -0.3 is 10.2 Å². The fraction of sp³-hybridized carbons (Fsp3) is 0.429. The van der Waals surface area contributed by atoms with E-state index in [-0.39, 0.29) is 24.3 Å². The van der Waals surface area contributed by atoms with E-state index < -0.39 is 6.04 Å². The molecule has 4 nitrogen and oxygen atoms in total. The van der Waals surface area contributed by atoms with Crippen LogP contribution in [0.1, 0.15) is 20.3 Å². The molecular weight excluding hydrogens is 264 g/mol. The molecule has 0 bridgehead atoms. The first-order valence-electron chi connectivity index (χ1n) is 6.39. The van der Waals surface area contributed by atoms with Gasteiger partial charge in [0, 0.05) is 10.7 Å². The lowest BCUT2D eigenvalue weighted by molar-refractivity contribution is -0.132. The number of anilines is 1. The molecule has 1 fully saturated rings. The molecule has 19 heavy (non-hydrogen) atoms. The summed E-state index contributed by atoms with van der Waals surface area (Å²) < 4.78 is 0. The monoisotopic (exact) mass is 280 g/mol. The molecule has 0 radical (unpaired) electrons. The average molecular weight is 281 g/mol. The summed E-state index contributed by atoms with van der Waals surface area (Å²) in [5.74, 6) is -0.0977. The zero-order valence-electron chi connectivity index (χ0n) is 11.0. The molecule has 1 aromatic rings. The molecule has 1 aliphatic rings. The van der Waals surface area contributed by atoms with Crippen LogP contribution in [-0.4, -0.2) is 24.4 Å². The van der Waals surface area contributed by atoms with Gasteiger partial charge in [0.05, 0.1) is 0 Å². The van der Waals surface area contributed by atoms with Crippen LogP contribution in [-0.2, 0) is 9.59 Å². The summed E-state index contributed by atoms with van der Waals surface area (Å²) in [5.41, 5.74) is 0.667. The minimum Gasteiger partial charge on any atom is -0.342 e. The highest BCUT2D eigenvalue weighted by atomic mass is 35.5. The molecule has 0 aromatic heterocycles. The number of rotatable bonds is 3. The van der Waals surface area contributed by atoms with Crippen LogP contribution in [0.25, 0.3) is 0 Å². The molecule has 0 spiro atoms. The van der Waals surface area contributed by atoms with Crippen molar-refractivity contribution in [2.24, 2.45) is 5.92 Å². The summed E-state index contributed by atoms with van der Waals surface area (Å²) in [7, 11) is 0. The summed E-state index contributed by atoms with van der Waals surface area (Å²) in [6.45, 7) is 4.01. The smallest absolute Gasteiger partial charge is 0.250 e. The van der Waals surface area contributed by atoms with Crippen molar-refractivity contribution in [1.82, 2.24) is 5.32 Å². The van der Waals surface area contributed by atoms with Gasteiger partial charge in [-0.2, -0.15) is 0 Å². The fourth-order valence-corrected chi connectivity index (χ4v) is 2.34. The van der Waals surface area contributed by atoms with Crippen LogP contribution in [0.3, 0.4) is 0 Å². The van der Waals surface area contributed by atoms with Crippen molar-refractivity contribution in [3.8, 4) is 0 Å². The lowest BCUT2D eigenvalue weighted by atomic mass is 9.96. The van der Waals surface area contributed by atoms with E-state index in [1.54, 1.807) is 24.3 Å². The Kier molecular flexibility index (Phi) is 4.10. The quantitative estimate of drug-likeness (QED) is 0.923. The molecule has 1 aromatic carbocycles. The molecule has 1 N–H and O–H groups in total. The summed E-state index contributed by atoms with van der Waals surface area (Å²) in [5, 5.41) is 3.32. The summed E-state index contributed by atoms with van der Waals surface area (Å²) >= 11 is 5.94. The second kappa shape index (κ2) is 5.61. The van der Waals surface area contributed by atoms with Gasteiger partial charge in [0.25, 0.3) is 0 Å². The predicted octanol–water partition coefficient (Wildman–Crippen LogP) is 2.22. The van der Waals surface area contributed by atoms with Crippen LogP contribution in [0, 0.1) is 5.92 Å². The topological polar surface area (TPSA) is 49.4 Å². The van der Waals surface area contributed by atoms with E-state index in [0.717, 1.165) is 6.42 Å². The first-order chi connectivity index (χ1) is 9.02. The van der Waals surface area contributed by atoms with Gasteiger partial charge in [0.15, 0.2) is 0 Å². The number of benzene rings is 1. The Labute approximate surface area is 117 Å². The van der Waals surface area contributed by atoms with E-state index in [1.165, 1.54) is 4.90 Å². The Balaban J connectivity index is 2.29. The third-order valence-electron chi connectivity index (χ3n) is 3.48. The zero-order valence-corrected chi connectivity index (χ0v) is 11.8. The highest BCUT2D eigenvalue weighted by Gasteiger charge is 2.36. The van der Waals surface area contributed by atoms with E-state index in [2.05, 4.69) is 5.32 Å². The Morgan fingerprint density at radius 1 is 1.47 bits per heavy atom. The van der Waals surface area contributed by atoms with Gasteiger partial charge in [-0.25, -0.2) is 0 Å². The molecule has 2 unspecified atom stereocenters. The SMILES string of the molecule is CCC(C)C1NC(=O)CN(c2cccc(Cl)c2)C1=O. The minimum atomic E-state index is -0.453. The van der Waals surface area contributed by atoms with Crippen molar-refractivity contribution in [1.29, 1.82) is 0 Å². The molecule has 1 aliphatic heterocycles. The highest BCUT2D eigenvalue weighted by molar-refractivity contribution is 6.31. The fourth-order valence-electron chi connectivity index (χ4n) is 2.15. The van der Waals surface area contributed by atoms with E-state index >= 15 is 0 Å². The maximum absolute atomic E-state index is 12.5. The van der Waals surface area contributed by atoms with Crippen LogP contribution < -0.4 is 10.2 Å². The Morgan fingerprint density at radius 3 is 2.84 bits per heavy atom. The predicted molar refractivity (Wildman–Crippen MR) is 75.2 cm³/mol. The van der Waals surface area contributed by atoms with Crippen molar-refractivity contribution in [2.75, 3.05) is 11.4 Å². The first kappa shape index (κ1) is 13.9. The second-order valence-electron chi connectivity index (χ2n) is 4.83. The maximum Gasteiger partial charge on any atom is 0.250 e. The molecule has 1 saturated heterocycles. The van der Waals surface area contributed by atoms with Crippen LogP contribution in [0.4, 0.5) is 5.69 Å². The Bertz CT molecular complexity index is 504. The van der Waals surface area contributed by atoms with Gasteiger partial charge in [-0.15, -0.1) is 0 Å². The van der Waals surface area contributed by atoms with Crippen LogP contribution in [0.15, 0.2) is 24.3 Å². The normalized spacial score (nSPS) is 21.2. The third kappa shape index (κ3) is 2.89. The summed E-state index contributed by atoms with van der Waals surface area (Å²) in [6, 6.07) is 6.55. The lowest BCUT2D eigenvalue weighted by Crippen LogP contribution is -2.60. The molecule has 5 heteroatoms. The number of nitrogens with one attached hydrogen (secondary N) is 1. The van der Waals surface area contributed by atoms with E-state index in [1.807, 2.05) is 13.8 Å². The van der Waals surface area contributed by atoms with Crippen LogP contribution >= 0.6 is 11.6 Å². The minimum absolute atomic E-state index is 0.0477. The maximum atomic E-state index is 12.5. The molecular formula is C14H17ClN2O2. The van der Waals surface area contributed by atoms with E-state index in [0.29, 0.717) is 10.7 Å². The number of piperazine rings is 1. The number of hydrogen-bond acceptors (Lipinski definition) is 2. The van der Waals surface area contributed by atoms with Crippen molar-refractivity contribution in [2.45, 2.75) is 26.3 Å². The lowest BCUT2D eigenvalue weighted by Gasteiger charge is -2.35. The van der Waals surface area contributed by atoms with Crippen molar-refractivity contribution >= 4 is 29.1 Å². The largest absolute Gasteiger partial charge is 0.342 e. The number of halogens is 1. The van der Waals surface area contributed by atoms with Gasteiger partial charge in [-0.3, -0.25) is 9.59 Å². The molecule has 2 atom stereocenters. The number of nitrogens with zero attached hydrogens (tertiary/aromatic N) is 1. The number of hydrogen-bond donors (Lipinski definition) is 1. The zero-order chi connectivity index (χ0) is 14.0. The molecule has 0 saturated carbocycles. The van der Waals surface area contributed by atoms with Crippen molar-refractivity contribution < 1.29 is 9.59 Å². The van der Waals surface area contributed by atoms with Gasteiger partial charge >= 0.3 is 0 Å². The molecule has 2 amide bonds. The number of amides is 2. The van der Waals surface area contributed by atoms with Crippen LogP contribution in [0.2, 0.25) is 5.02 Å². The molecule has 102 valence electrons. The van der Waals surface area contributed by atoms with Gasteiger partial charge in [0.1, 0.15) is 12.6 Å². The number of carbonyl (C=O) groups is 2. The van der Waals surface area contributed by atoms with Gasteiger partial charge in [0.2, 0.25) is 11.8 Å². The van der Waals surface area contributed by atoms with E-state index in [9.17, 15) is 9.59 Å². The van der Waals surface area contributed by atoms with E-state index in [4.69, 9.17) is 11.6 Å². The number of carbonyl (C=O) groups excluding carboxylic acids is 2. The standard InChI is InChI=1S/C14H17ClN2O2/c1-3-9(2)13-14(19)17(8-12(18)16-13)11-6-4-5-10(15)7-11/h4-7,9,13H,3,8H2,1-2H3,(H,16,18). The molecule has 0 aliphatic carbocycles. The summed E-state index contributed by atoms with van der Waals surface area (Å²) in [6.07, 6.45) is 0.833. The average Bonchev–Trinajstić information content (AvgIpc) is 2.40. The first-order valence-corrected chi connectivity index (χ1v) is 6.77. The van der Waals surface area contributed by atoms with Gasteiger partial charge in [-0.05, 0) is 24.1 Å². The highest BCUT2D eigenvalue weighted by Crippen LogP contribution is 2.23. The van der Waals surface area contributed by atoms with Gasteiger partial charge in [-0.1, -0.05) is 37.9 Å².